The van der Waals surface area contributed by atoms with E-state index < -0.39 is 12.0 Å². The maximum atomic E-state index is 14.0. The molecule has 0 aliphatic heterocycles. The Kier molecular flexibility index (Phi) is 3.72. The van der Waals surface area contributed by atoms with Gasteiger partial charge in [-0.3, -0.25) is 4.79 Å². The van der Waals surface area contributed by atoms with Gasteiger partial charge >= 0.3 is 0 Å². The number of ether oxygens (including phenoxy) is 1. The summed E-state index contributed by atoms with van der Waals surface area (Å²) < 4.78 is 19.0. The lowest BCUT2D eigenvalue weighted by atomic mass is 10.0. The van der Waals surface area contributed by atoms with Crippen LogP contribution in [0, 0.1) is 0 Å². The van der Waals surface area contributed by atoms with E-state index in [1.54, 1.807) is 61.7 Å². The zero-order chi connectivity index (χ0) is 13.0. The summed E-state index contributed by atoms with van der Waals surface area (Å²) >= 11 is 0. The molecular formula is C15H13FO2. The minimum absolute atomic E-state index is 0.340. The Labute approximate surface area is 105 Å². The standard InChI is InChI=1S/C15H13FO2/c1-18-13-9-7-12(8-10-13)15(17)14(16)11-5-3-2-4-6-11/h2-10,14H,1H3. The monoisotopic (exact) mass is 244 g/mol. The van der Waals surface area contributed by atoms with Gasteiger partial charge in [0, 0.05) is 5.56 Å². The number of ketones is 1. The summed E-state index contributed by atoms with van der Waals surface area (Å²) in [5, 5.41) is 0. The van der Waals surface area contributed by atoms with Gasteiger partial charge in [0.15, 0.2) is 6.17 Å². The first-order chi connectivity index (χ1) is 8.72. The summed E-state index contributed by atoms with van der Waals surface area (Å²) in [6.07, 6.45) is -1.63. The summed E-state index contributed by atoms with van der Waals surface area (Å²) in [6.45, 7) is 0. The molecule has 0 fully saturated rings. The number of Topliss-reactive ketones (excluding diaryl/α,β-unsaturated/α-hetero) is 1. The van der Waals surface area contributed by atoms with Crippen molar-refractivity contribution in [3.8, 4) is 5.75 Å². The van der Waals surface area contributed by atoms with Gasteiger partial charge in [0.1, 0.15) is 5.75 Å². The van der Waals surface area contributed by atoms with E-state index in [4.69, 9.17) is 4.74 Å². The summed E-state index contributed by atoms with van der Waals surface area (Å²) in [7, 11) is 1.54. The van der Waals surface area contributed by atoms with Crippen molar-refractivity contribution in [3.63, 3.8) is 0 Å². The van der Waals surface area contributed by atoms with Crippen LogP contribution in [0.1, 0.15) is 22.1 Å². The molecule has 0 aliphatic carbocycles. The van der Waals surface area contributed by atoms with Crippen LogP contribution in [0.4, 0.5) is 4.39 Å². The maximum absolute atomic E-state index is 14.0. The van der Waals surface area contributed by atoms with Crippen LogP contribution in [0.25, 0.3) is 0 Å². The zero-order valence-electron chi connectivity index (χ0n) is 9.97. The van der Waals surface area contributed by atoms with E-state index in [-0.39, 0.29) is 0 Å². The molecule has 0 amide bonds. The molecule has 1 atom stereocenters. The third-order valence-electron chi connectivity index (χ3n) is 2.70. The van der Waals surface area contributed by atoms with Crippen molar-refractivity contribution in [1.29, 1.82) is 0 Å². The van der Waals surface area contributed by atoms with Crippen LogP contribution in [0.3, 0.4) is 0 Å². The third-order valence-corrected chi connectivity index (χ3v) is 2.70. The number of carbonyl (C=O) groups excluding carboxylic acids is 1. The Hall–Kier alpha value is -2.16. The van der Waals surface area contributed by atoms with Crippen LogP contribution in [0.2, 0.25) is 0 Å². The lowest BCUT2D eigenvalue weighted by Crippen LogP contribution is -2.08. The van der Waals surface area contributed by atoms with Gasteiger partial charge in [0.05, 0.1) is 7.11 Å². The molecule has 92 valence electrons. The molecule has 0 radical (unpaired) electrons. The minimum atomic E-state index is -1.63. The van der Waals surface area contributed by atoms with Crippen molar-refractivity contribution >= 4 is 5.78 Å². The molecule has 0 saturated carbocycles. The molecule has 2 rings (SSSR count). The van der Waals surface area contributed by atoms with Gasteiger partial charge in [0.2, 0.25) is 5.78 Å². The highest BCUT2D eigenvalue weighted by Gasteiger charge is 2.20. The Morgan fingerprint density at radius 3 is 2.22 bits per heavy atom. The van der Waals surface area contributed by atoms with Gasteiger partial charge in [-0.15, -0.1) is 0 Å². The molecule has 0 saturated heterocycles. The first kappa shape index (κ1) is 12.3. The Balaban J connectivity index is 2.20. The van der Waals surface area contributed by atoms with Gasteiger partial charge < -0.3 is 4.74 Å². The first-order valence-corrected chi connectivity index (χ1v) is 5.59. The fraction of sp³-hybridized carbons (Fsp3) is 0.133. The molecule has 2 aromatic carbocycles. The second-order valence-corrected chi connectivity index (χ2v) is 3.87. The Morgan fingerprint density at radius 2 is 1.67 bits per heavy atom. The van der Waals surface area contributed by atoms with E-state index in [1.165, 1.54) is 0 Å². The summed E-state index contributed by atoms with van der Waals surface area (Å²) in [4.78, 5) is 11.9. The van der Waals surface area contributed by atoms with Crippen LogP contribution < -0.4 is 4.74 Å². The van der Waals surface area contributed by atoms with E-state index in [0.717, 1.165) is 0 Å². The summed E-state index contributed by atoms with van der Waals surface area (Å²) in [5.74, 6) is 0.102. The summed E-state index contributed by atoms with van der Waals surface area (Å²) in [5.41, 5.74) is 0.713. The number of hydrogen-bond acceptors (Lipinski definition) is 2. The van der Waals surface area contributed by atoms with E-state index in [2.05, 4.69) is 0 Å². The zero-order valence-corrected chi connectivity index (χ0v) is 9.97. The highest BCUT2D eigenvalue weighted by molar-refractivity contribution is 6.00. The average Bonchev–Trinajstić information content (AvgIpc) is 2.47. The Bertz CT molecular complexity index is 520. The number of rotatable bonds is 4. The molecule has 0 aliphatic rings. The molecule has 2 nitrogen and oxygen atoms in total. The van der Waals surface area contributed by atoms with E-state index in [0.29, 0.717) is 16.9 Å². The van der Waals surface area contributed by atoms with Gasteiger partial charge in [-0.2, -0.15) is 0 Å². The van der Waals surface area contributed by atoms with Crippen molar-refractivity contribution in [1.82, 2.24) is 0 Å². The molecule has 18 heavy (non-hydrogen) atoms. The number of carbonyl (C=O) groups is 1. The van der Waals surface area contributed by atoms with Crippen LogP contribution in [-0.2, 0) is 0 Å². The second-order valence-electron chi connectivity index (χ2n) is 3.87. The smallest absolute Gasteiger partial charge is 0.201 e. The molecule has 2 aromatic rings. The number of methoxy groups -OCH3 is 1. The van der Waals surface area contributed by atoms with Gasteiger partial charge in [-0.1, -0.05) is 30.3 Å². The lowest BCUT2D eigenvalue weighted by Gasteiger charge is -2.08. The molecular weight excluding hydrogens is 231 g/mol. The SMILES string of the molecule is COc1ccc(C(=O)C(F)c2ccccc2)cc1. The molecule has 0 N–H and O–H groups in total. The van der Waals surface area contributed by atoms with Crippen molar-refractivity contribution < 1.29 is 13.9 Å². The predicted molar refractivity (Wildman–Crippen MR) is 67.6 cm³/mol. The second kappa shape index (κ2) is 5.45. The third kappa shape index (κ3) is 2.56. The molecule has 3 heteroatoms. The van der Waals surface area contributed by atoms with Crippen molar-refractivity contribution in [2.75, 3.05) is 7.11 Å². The topological polar surface area (TPSA) is 26.3 Å². The highest BCUT2D eigenvalue weighted by atomic mass is 19.1. The van der Waals surface area contributed by atoms with Gasteiger partial charge in [-0.25, -0.2) is 4.39 Å². The molecule has 0 spiro atoms. The first-order valence-electron chi connectivity index (χ1n) is 5.59. The normalized spacial score (nSPS) is 11.9. The molecule has 0 bridgehead atoms. The largest absolute Gasteiger partial charge is 0.497 e. The van der Waals surface area contributed by atoms with Gasteiger partial charge in [-0.05, 0) is 29.8 Å². The molecule has 1 unspecified atom stereocenters. The number of benzene rings is 2. The van der Waals surface area contributed by atoms with Crippen LogP contribution in [-0.4, -0.2) is 12.9 Å². The quantitative estimate of drug-likeness (QED) is 0.768. The fourth-order valence-electron chi connectivity index (χ4n) is 1.67. The minimum Gasteiger partial charge on any atom is -0.497 e. The van der Waals surface area contributed by atoms with Crippen LogP contribution >= 0.6 is 0 Å². The maximum Gasteiger partial charge on any atom is 0.201 e. The average molecular weight is 244 g/mol. The number of alkyl halides is 1. The number of hydrogen-bond donors (Lipinski definition) is 0. The van der Waals surface area contributed by atoms with Crippen LogP contribution in [0.5, 0.6) is 5.75 Å². The Morgan fingerprint density at radius 1 is 1.06 bits per heavy atom. The van der Waals surface area contributed by atoms with Crippen molar-refractivity contribution in [2.45, 2.75) is 6.17 Å². The van der Waals surface area contributed by atoms with E-state index in [1.807, 2.05) is 0 Å². The van der Waals surface area contributed by atoms with E-state index in [9.17, 15) is 9.18 Å². The lowest BCUT2D eigenvalue weighted by molar-refractivity contribution is 0.0878. The van der Waals surface area contributed by atoms with E-state index >= 15 is 0 Å². The van der Waals surface area contributed by atoms with Crippen LogP contribution in [0.15, 0.2) is 54.6 Å². The molecule has 0 heterocycles. The van der Waals surface area contributed by atoms with Crippen molar-refractivity contribution in [3.05, 3.63) is 65.7 Å². The number of halogens is 1. The fourth-order valence-corrected chi connectivity index (χ4v) is 1.67. The highest BCUT2D eigenvalue weighted by Crippen LogP contribution is 2.23. The molecule has 0 aromatic heterocycles. The predicted octanol–water partition coefficient (Wildman–Crippen LogP) is 3.59. The van der Waals surface area contributed by atoms with Gasteiger partial charge in [0.25, 0.3) is 0 Å². The summed E-state index contributed by atoms with van der Waals surface area (Å²) in [6, 6.07) is 14.8. The van der Waals surface area contributed by atoms with Crippen molar-refractivity contribution in [2.24, 2.45) is 0 Å².